The molecule has 0 spiro atoms. The van der Waals surface area contributed by atoms with Gasteiger partial charge < -0.3 is 4.79 Å². The molecule has 1 atom stereocenters. The largest absolute Gasteiger partial charge is 0.303 e. The van der Waals surface area contributed by atoms with Crippen molar-refractivity contribution in [1.29, 1.82) is 0 Å². The van der Waals surface area contributed by atoms with Crippen LogP contribution in [0.25, 0.3) is 0 Å². The Labute approximate surface area is 43.2 Å². The van der Waals surface area contributed by atoms with Gasteiger partial charge in [-0.05, 0) is 6.92 Å². The Morgan fingerprint density at radius 1 is 2.00 bits per heavy atom. The first-order chi connectivity index (χ1) is 2.77. The molecule has 6 heavy (non-hydrogen) atoms. The quantitative estimate of drug-likeness (QED) is 0.402. The Balaban J connectivity index is 2.81. The molecule has 0 aliphatic heterocycles. The molecule has 1 radical (unpaired) electrons. The number of hydrogen-bond donors (Lipinski definition) is 1. The van der Waals surface area contributed by atoms with Gasteiger partial charge in [-0.3, -0.25) is 0 Å². The van der Waals surface area contributed by atoms with Crippen LogP contribution in [0.3, 0.4) is 0 Å². The Morgan fingerprint density at radius 3 is 2.50 bits per heavy atom. The highest BCUT2D eigenvalue weighted by Gasteiger charge is 1.87. The maximum absolute atomic E-state index is 9.53. The second-order valence-electron chi connectivity index (χ2n) is 1.06. The lowest BCUT2D eigenvalue weighted by atomic mass is 10.4. The second-order valence-corrected chi connectivity index (χ2v) is 1.79. The number of hydrogen-bond acceptors (Lipinski definition) is 2. The van der Waals surface area contributed by atoms with Crippen molar-refractivity contribution in [3.05, 3.63) is 6.92 Å². The third-order valence-electron chi connectivity index (χ3n) is 0.368. The average molecular weight is 103 g/mol. The SMILES string of the molecule is [CH2]C(S)CC=O. The van der Waals surface area contributed by atoms with E-state index in [1.165, 1.54) is 0 Å². The maximum atomic E-state index is 9.53. The molecule has 35 valence electrons. The minimum absolute atomic E-state index is 0.0255. The number of thiol groups is 1. The van der Waals surface area contributed by atoms with Gasteiger partial charge in [-0.15, -0.1) is 0 Å². The summed E-state index contributed by atoms with van der Waals surface area (Å²) in [6.45, 7) is 3.46. The minimum Gasteiger partial charge on any atom is -0.303 e. The molecular formula is C4H7OS. The number of aldehydes is 1. The zero-order valence-electron chi connectivity index (χ0n) is 3.42. The molecule has 0 aliphatic carbocycles. The van der Waals surface area contributed by atoms with Gasteiger partial charge >= 0.3 is 0 Å². The van der Waals surface area contributed by atoms with Crippen molar-refractivity contribution in [3.63, 3.8) is 0 Å². The predicted molar refractivity (Wildman–Crippen MR) is 28.8 cm³/mol. The van der Waals surface area contributed by atoms with Crippen molar-refractivity contribution in [1.82, 2.24) is 0 Å². The Bertz CT molecular complexity index is 42.8. The van der Waals surface area contributed by atoms with E-state index in [9.17, 15) is 4.79 Å². The van der Waals surface area contributed by atoms with Crippen LogP contribution in [0.5, 0.6) is 0 Å². The van der Waals surface area contributed by atoms with Crippen molar-refractivity contribution in [2.24, 2.45) is 0 Å². The third kappa shape index (κ3) is 4.02. The van der Waals surface area contributed by atoms with E-state index in [0.717, 1.165) is 6.29 Å². The minimum atomic E-state index is -0.0255. The van der Waals surface area contributed by atoms with Crippen molar-refractivity contribution in [3.8, 4) is 0 Å². The number of carbonyl (C=O) groups is 1. The first-order valence-electron chi connectivity index (χ1n) is 1.72. The highest BCUT2D eigenvalue weighted by atomic mass is 32.1. The molecule has 1 unspecified atom stereocenters. The standard InChI is InChI=1S/C4H7OS/c1-4(6)2-3-5/h3-4,6H,1-2H2. The van der Waals surface area contributed by atoms with E-state index in [1.807, 2.05) is 0 Å². The molecule has 0 aliphatic rings. The molecule has 0 aromatic heterocycles. The van der Waals surface area contributed by atoms with Crippen LogP contribution in [0.1, 0.15) is 6.42 Å². The van der Waals surface area contributed by atoms with Crippen LogP contribution < -0.4 is 0 Å². The molecule has 1 nitrogen and oxygen atoms in total. The molecule has 0 saturated carbocycles. The summed E-state index contributed by atoms with van der Waals surface area (Å²) in [6.07, 6.45) is 1.26. The Morgan fingerprint density at radius 2 is 2.50 bits per heavy atom. The summed E-state index contributed by atoms with van der Waals surface area (Å²) >= 11 is 3.84. The van der Waals surface area contributed by atoms with Gasteiger partial charge in [0.05, 0.1) is 0 Å². The summed E-state index contributed by atoms with van der Waals surface area (Å²) in [7, 11) is 0. The van der Waals surface area contributed by atoms with E-state index >= 15 is 0 Å². The van der Waals surface area contributed by atoms with Crippen LogP contribution in [-0.4, -0.2) is 11.5 Å². The molecule has 0 aromatic carbocycles. The molecule has 0 bridgehead atoms. The van der Waals surface area contributed by atoms with Crippen molar-refractivity contribution in [2.75, 3.05) is 0 Å². The average Bonchev–Trinajstić information content (AvgIpc) is 1.35. The highest BCUT2D eigenvalue weighted by Crippen LogP contribution is 1.92. The Kier molecular flexibility index (Phi) is 3.23. The monoisotopic (exact) mass is 103 g/mol. The van der Waals surface area contributed by atoms with Gasteiger partial charge in [0.15, 0.2) is 0 Å². The van der Waals surface area contributed by atoms with E-state index in [4.69, 9.17) is 0 Å². The van der Waals surface area contributed by atoms with Gasteiger partial charge in [-0.2, -0.15) is 12.6 Å². The van der Waals surface area contributed by atoms with Gasteiger partial charge in [0, 0.05) is 11.7 Å². The molecule has 0 amide bonds. The van der Waals surface area contributed by atoms with Crippen LogP contribution in [0.15, 0.2) is 0 Å². The fourth-order valence-electron chi connectivity index (χ4n) is 0.111. The molecule has 0 saturated heterocycles. The summed E-state index contributed by atoms with van der Waals surface area (Å²) in [6, 6.07) is 0. The highest BCUT2D eigenvalue weighted by molar-refractivity contribution is 7.81. The normalized spacial score (nSPS) is 13.7. The van der Waals surface area contributed by atoms with Crippen LogP contribution in [0.4, 0.5) is 0 Å². The van der Waals surface area contributed by atoms with Gasteiger partial charge in [0.25, 0.3) is 0 Å². The molecule has 0 rings (SSSR count). The molecule has 2 heteroatoms. The lowest BCUT2D eigenvalue weighted by Gasteiger charge is -1.88. The van der Waals surface area contributed by atoms with Crippen LogP contribution in [0.2, 0.25) is 0 Å². The van der Waals surface area contributed by atoms with E-state index in [0.29, 0.717) is 6.42 Å². The van der Waals surface area contributed by atoms with E-state index in [1.54, 1.807) is 0 Å². The van der Waals surface area contributed by atoms with Crippen LogP contribution >= 0.6 is 12.6 Å². The summed E-state index contributed by atoms with van der Waals surface area (Å²) in [5, 5.41) is -0.0255. The molecule has 0 aromatic rings. The molecular weight excluding hydrogens is 96.1 g/mol. The fraction of sp³-hybridized carbons (Fsp3) is 0.500. The molecule has 0 fully saturated rings. The Hall–Kier alpha value is 0.0200. The zero-order chi connectivity index (χ0) is 4.99. The van der Waals surface area contributed by atoms with Crippen LogP contribution in [-0.2, 0) is 4.79 Å². The lowest BCUT2D eigenvalue weighted by Crippen LogP contribution is -1.89. The fourth-order valence-corrected chi connectivity index (χ4v) is 0.197. The van der Waals surface area contributed by atoms with Gasteiger partial charge in [-0.25, -0.2) is 0 Å². The van der Waals surface area contributed by atoms with Crippen molar-refractivity contribution in [2.45, 2.75) is 11.7 Å². The van der Waals surface area contributed by atoms with Gasteiger partial charge in [-0.1, -0.05) is 0 Å². The van der Waals surface area contributed by atoms with E-state index < -0.39 is 0 Å². The van der Waals surface area contributed by atoms with Gasteiger partial charge in [0.1, 0.15) is 6.29 Å². The van der Waals surface area contributed by atoms with Gasteiger partial charge in [0.2, 0.25) is 0 Å². The molecule has 0 N–H and O–H groups in total. The topological polar surface area (TPSA) is 17.1 Å². The summed E-state index contributed by atoms with van der Waals surface area (Å²) in [5.41, 5.74) is 0. The smallest absolute Gasteiger partial charge is 0.121 e. The number of rotatable bonds is 2. The van der Waals surface area contributed by atoms with Crippen molar-refractivity contribution < 1.29 is 4.79 Å². The first kappa shape index (κ1) is 6.02. The van der Waals surface area contributed by atoms with E-state index in [-0.39, 0.29) is 5.25 Å². The molecule has 0 heterocycles. The maximum Gasteiger partial charge on any atom is 0.121 e. The second kappa shape index (κ2) is 3.22. The summed E-state index contributed by atoms with van der Waals surface area (Å²) in [5.74, 6) is 0. The first-order valence-corrected chi connectivity index (χ1v) is 2.24. The predicted octanol–water partition coefficient (Wildman–Crippen LogP) is 0.708. The third-order valence-corrected chi connectivity index (χ3v) is 0.579. The van der Waals surface area contributed by atoms with E-state index in [2.05, 4.69) is 19.6 Å². The summed E-state index contributed by atoms with van der Waals surface area (Å²) < 4.78 is 0. The number of carbonyl (C=O) groups excluding carboxylic acids is 1. The lowest BCUT2D eigenvalue weighted by molar-refractivity contribution is -0.107. The van der Waals surface area contributed by atoms with Crippen LogP contribution in [0, 0.1) is 6.92 Å². The zero-order valence-corrected chi connectivity index (χ0v) is 4.32. The summed E-state index contributed by atoms with van der Waals surface area (Å²) in [4.78, 5) is 9.53. The van der Waals surface area contributed by atoms with Crippen molar-refractivity contribution >= 4 is 18.9 Å².